The van der Waals surface area contributed by atoms with Crippen molar-refractivity contribution in [1.82, 2.24) is 9.62 Å². The van der Waals surface area contributed by atoms with E-state index in [0.717, 1.165) is 37.4 Å². The Balaban J connectivity index is 2.15. The second-order valence-electron chi connectivity index (χ2n) is 5.91. The van der Waals surface area contributed by atoms with Crippen LogP contribution in [0.25, 0.3) is 0 Å². The summed E-state index contributed by atoms with van der Waals surface area (Å²) in [6, 6.07) is 7.74. The first-order valence-electron chi connectivity index (χ1n) is 7.29. The van der Waals surface area contributed by atoms with Gasteiger partial charge in [-0.1, -0.05) is 30.7 Å². The van der Waals surface area contributed by atoms with Crippen molar-refractivity contribution in [2.24, 2.45) is 5.92 Å². The van der Waals surface area contributed by atoms with E-state index in [1.54, 1.807) is 0 Å². The fraction of sp³-hybridized carbons (Fsp3) is 0.600. The van der Waals surface area contributed by atoms with Crippen molar-refractivity contribution in [2.45, 2.75) is 25.8 Å². The Morgan fingerprint density at radius 1 is 1.29 bits per heavy atom. The molecule has 0 aromatic heterocycles. The summed E-state index contributed by atoms with van der Waals surface area (Å²) in [6.45, 7) is 4.66. The molecule has 1 fully saturated rings. The predicted octanol–water partition coefficient (Wildman–Crippen LogP) is 2.66. The summed E-state index contributed by atoms with van der Waals surface area (Å²) in [5, 5.41) is 0.695. The first-order chi connectivity index (χ1) is 9.85. The van der Waals surface area contributed by atoms with Gasteiger partial charge in [0.1, 0.15) is 0 Å². The fourth-order valence-electron chi connectivity index (χ4n) is 2.71. The molecule has 1 aromatic carbocycles. The highest BCUT2D eigenvalue weighted by molar-refractivity contribution is 7.88. The summed E-state index contributed by atoms with van der Waals surface area (Å²) < 4.78 is 25.5. The average molecular weight is 331 g/mol. The summed E-state index contributed by atoms with van der Waals surface area (Å²) in [5.41, 5.74) is 1.10. The second kappa shape index (κ2) is 7.09. The summed E-state index contributed by atoms with van der Waals surface area (Å²) >= 11 is 5.95. The smallest absolute Gasteiger partial charge is 0.208 e. The molecule has 118 valence electrons. The van der Waals surface area contributed by atoms with Crippen LogP contribution in [0.5, 0.6) is 0 Å². The van der Waals surface area contributed by atoms with E-state index in [9.17, 15) is 8.42 Å². The Hall–Kier alpha value is -0.620. The molecule has 1 aliphatic rings. The van der Waals surface area contributed by atoms with Gasteiger partial charge in [-0.25, -0.2) is 13.1 Å². The minimum absolute atomic E-state index is 0.0597. The molecule has 0 spiro atoms. The molecular formula is C15H23ClN2O2S. The number of rotatable bonds is 5. The van der Waals surface area contributed by atoms with Gasteiger partial charge in [0, 0.05) is 17.6 Å². The van der Waals surface area contributed by atoms with Gasteiger partial charge in [-0.05, 0) is 49.5 Å². The monoisotopic (exact) mass is 330 g/mol. The molecule has 0 bridgehead atoms. The van der Waals surface area contributed by atoms with E-state index in [1.165, 1.54) is 6.26 Å². The number of nitrogens with one attached hydrogen (secondary N) is 1. The lowest BCUT2D eigenvalue weighted by atomic mass is 9.96. The maximum absolute atomic E-state index is 11.4. The lowest BCUT2D eigenvalue weighted by molar-refractivity contribution is 0.139. The highest BCUT2D eigenvalue weighted by Crippen LogP contribution is 2.27. The van der Waals surface area contributed by atoms with Crippen LogP contribution in [0.15, 0.2) is 24.3 Å². The van der Waals surface area contributed by atoms with Gasteiger partial charge >= 0.3 is 0 Å². The summed E-state index contributed by atoms with van der Waals surface area (Å²) in [7, 11) is -3.19. The van der Waals surface area contributed by atoms with E-state index in [2.05, 4.69) is 16.5 Å². The van der Waals surface area contributed by atoms with Crippen molar-refractivity contribution in [3.05, 3.63) is 34.9 Å². The number of nitrogens with zero attached hydrogens (tertiary/aromatic N) is 1. The first-order valence-corrected chi connectivity index (χ1v) is 9.56. The molecule has 0 aliphatic carbocycles. The molecular weight excluding hydrogens is 308 g/mol. The Kier molecular flexibility index (Phi) is 5.66. The van der Waals surface area contributed by atoms with Gasteiger partial charge in [-0.3, -0.25) is 4.90 Å². The molecule has 6 heteroatoms. The fourth-order valence-corrected chi connectivity index (χ4v) is 3.30. The molecule has 1 heterocycles. The number of halogens is 1. The quantitative estimate of drug-likeness (QED) is 0.903. The van der Waals surface area contributed by atoms with Crippen LogP contribution in [-0.2, 0) is 10.0 Å². The Morgan fingerprint density at radius 3 is 2.38 bits per heavy atom. The largest absolute Gasteiger partial charge is 0.295 e. The van der Waals surface area contributed by atoms with Gasteiger partial charge in [0.25, 0.3) is 0 Å². The first kappa shape index (κ1) is 16.7. The van der Waals surface area contributed by atoms with E-state index in [-0.39, 0.29) is 6.04 Å². The highest BCUT2D eigenvalue weighted by atomic mass is 35.5. The van der Waals surface area contributed by atoms with Crippen LogP contribution < -0.4 is 4.72 Å². The number of benzene rings is 1. The Bertz CT molecular complexity index is 552. The van der Waals surface area contributed by atoms with Crippen molar-refractivity contribution in [3.63, 3.8) is 0 Å². The lowest BCUT2D eigenvalue weighted by Crippen LogP contribution is -2.41. The zero-order valence-electron chi connectivity index (χ0n) is 12.5. The number of hydrogen-bond donors (Lipinski definition) is 1. The Labute approximate surface area is 132 Å². The van der Waals surface area contributed by atoms with Crippen molar-refractivity contribution in [2.75, 3.05) is 25.9 Å². The Morgan fingerprint density at radius 2 is 1.86 bits per heavy atom. The molecule has 1 aromatic rings. The van der Waals surface area contributed by atoms with Crippen molar-refractivity contribution >= 4 is 21.6 Å². The third kappa shape index (κ3) is 5.25. The van der Waals surface area contributed by atoms with E-state index in [1.807, 2.05) is 24.3 Å². The molecule has 1 saturated heterocycles. The van der Waals surface area contributed by atoms with Gasteiger partial charge < -0.3 is 0 Å². The molecule has 1 unspecified atom stereocenters. The van der Waals surface area contributed by atoms with Gasteiger partial charge in [0.15, 0.2) is 0 Å². The van der Waals surface area contributed by atoms with Crippen LogP contribution >= 0.6 is 11.6 Å². The number of sulfonamides is 1. The molecule has 1 atom stereocenters. The maximum Gasteiger partial charge on any atom is 0.208 e. The molecule has 2 rings (SSSR count). The second-order valence-corrected chi connectivity index (χ2v) is 8.18. The number of hydrogen-bond acceptors (Lipinski definition) is 3. The van der Waals surface area contributed by atoms with Crippen LogP contribution in [-0.4, -0.2) is 39.2 Å². The van der Waals surface area contributed by atoms with E-state index in [4.69, 9.17) is 11.6 Å². The predicted molar refractivity (Wildman–Crippen MR) is 87.0 cm³/mol. The van der Waals surface area contributed by atoms with Crippen LogP contribution in [0.1, 0.15) is 31.4 Å². The SMILES string of the molecule is CC1CCN(C(CNS(C)(=O)=O)c2ccc(Cl)cc2)CC1. The van der Waals surface area contributed by atoms with Crippen molar-refractivity contribution < 1.29 is 8.42 Å². The van der Waals surface area contributed by atoms with Crippen LogP contribution in [0.3, 0.4) is 0 Å². The highest BCUT2D eigenvalue weighted by Gasteiger charge is 2.25. The van der Waals surface area contributed by atoms with Gasteiger partial charge in [-0.15, -0.1) is 0 Å². The van der Waals surface area contributed by atoms with E-state index < -0.39 is 10.0 Å². The van der Waals surface area contributed by atoms with E-state index >= 15 is 0 Å². The van der Waals surface area contributed by atoms with E-state index in [0.29, 0.717) is 11.6 Å². The van der Waals surface area contributed by atoms with Gasteiger partial charge in [-0.2, -0.15) is 0 Å². The van der Waals surface area contributed by atoms with Gasteiger partial charge in [0.05, 0.1) is 6.26 Å². The summed E-state index contributed by atoms with van der Waals surface area (Å²) in [4.78, 5) is 2.36. The normalized spacial score (nSPS) is 19.6. The zero-order chi connectivity index (χ0) is 15.5. The molecule has 21 heavy (non-hydrogen) atoms. The van der Waals surface area contributed by atoms with Crippen LogP contribution in [0.2, 0.25) is 5.02 Å². The van der Waals surface area contributed by atoms with Crippen LogP contribution in [0, 0.1) is 5.92 Å². The summed E-state index contributed by atoms with van der Waals surface area (Å²) in [6.07, 6.45) is 3.51. The molecule has 0 amide bonds. The minimum Gasteiger partial charge on any atom is -0.295 e. The number of likely N-dealkylation sites (tertiary alicyclic amines) is 1. The molecule has 1 aliphatic heterocycles. The van der Waals surface area contributed by atoms with Crippen LogP contribution in [0.4, 0.5) is 0 Å². The molecule has 0 radical (unpaired) electrons. The molecule has 1 N–H and O–H groups in total. The standard InChI is InChI=1S/C15H23ClN2O2S/c1-12-7-9-18(10-8-12)15(11-17-21(2,19)20)13-3-5-14(16)6-4-13/h3-6,12,15,17H,7-11H2,1-2H3. The summed E-state index contributed by atoms with van der Waals surface area (Å²) in [5.74, 6) is 0.745. The topological polar surface area (TPSA) is 49.4 Å². The molecule has 4 nitrogen and oxygen atoms in total. The number of piperidine rings is 1. The third-order valence-corrected chi connectivity index (χ3v) is 5.00. The lowest BCUT2D eigenvalue weighted by Gasteiger charge is -2.37. The molecule has 0 saturated carbocycles. The third-order valence-electron chi connectivity index (χ3n) is 4.05. The average Bonchev–Trinajstić information content (AvgIpc) is 2.41. The van der Waals surface area contributed by atoms with Gasteiger partial charge in [0.2, 0.25) is 10.0 Å². The van der Waals surface area contributed by atoms with Crippen molar-refractivity contribution in [3.8, 4) is 0 Å². The van der Waals surface area contributed by atoms with Crippen molar-refractivity contribution in [1.29, 1.82) is 0 Å². The maximum atomic E-state index is 11.4. The minimum atomic E-state index is -3.19. The zero-order valence-corrected chi connectivity index (χ0v) is 14.1.